The molecular formula is C13H18N2O. The van der Waals surface area contributed by atoms with E-state index in [1.54, 1.807) is 7.11 Å². The molecule has 1 atom stereocenters. The lowest BCUT2D eigenvalue weighted by Crippen LogP contribution is -2.11. The molecule has 0 saturated heterocycles. The molecule has 3 heteroatoms. The van der Waals surface area contributed by atoms with Crippen LogP contribution in [0.15, 0.2) is 18.2 Å². The molecule has 0 fully saturated rings. The summed E-state index contributed by atoms with van der Waals surface area (Å²) in [4.78, 5) is 0. The molecule has 1 unspecified atom stereocenters. The number of benzene rings is 1. The zero-order valence-electron chi connectivity index (χ0n) is 9.86. The first kappa shape index (κ1) is 12.5. The van der Waals surface area contributed by atoms with Crippen molar-refractivity contribution in [1.82, 2.24) is 0 Å². The van der Waals surface area contributed by atoms with Gasteiger partial charge in [-0.1, -0.05) is 19.1 Å². The zero-order chi connectivity index (χ0) is 12.0. The van der Waals surface area contributed by atoms with E-state index in [9.17, 15) is 0 Å². The van der Waals surface area contributed by atoms with E-state index in [1.165, 1.54) is 5.56 Å². The Morgan fingerprint density at radius 1 is 1.50 bits per heavy atom. The minimum absolute atomic E-state index is 0.124. The summed E-state index contributed by atoms with van der Waals surface area (Å²) in [6, 6.07) is 8.05. The predicted octanol–water partition coefficient (Wildman–Crippen LogP) is 2.56. The molecule has 0 amide bonds. The molecule has 0 radical (unpaired) electrons. The molecule has 3 nitrogen and oxygen atoms in total. The minimum atomic E-state index is -0.124. The lowest BCUT2D eigenvalue weighted by molar-refractivity contribution is 0.404. The van der Waals surface area contributed by atoms with Gasteiger partial charge in [-0.3, -0.25) is 0 Å². The van der Waals surface area contributed by atoms with E-state index >= 15 is 0 Å². The number of nitriles is 1. The van der Waals surface area contributed by atoms with Crippen molar-refractivity contribution in [2.45, 2.75) is 32.2 Å². The Morgan fingerprint density at radius 3 is 2.81 bits per heavy atom. The summed E-state index contributed by atoms with van der Waals surface area (Å²) in [5, 5.41) is 8.55. The van der Waals surface area contributed by atoms with Crippen LogP contribution in [0.2, 0.25) is 0 Å². The molecule has 0 spiro atoms. The second kappa shape index (κ2) is 6.14. The zero-order valence-corrected chi connectivity index (χ0v) is 9.86. The molecule has 2 N–H and O–H groups in total. The van der Waals surface area contributed by atoms with Gasteiger partial charge in [-0.2, -0.15) is 5.26 Å². The lowest BCUT2D eigenvalue weighted by atomic mass is 9.99. The van der Waals surface area contributed by atoms with Crippen molar-refractivity contribution in [3.8, 4) is 11.8 Å². The summed E-state index contributed by atoms with van der Waals surface area (Å²) in [5.74, 6) is 0.808. The van der Waals surface area contributed by atoms with Gasteiger partial charge in [0, 0.05) is 18.0 Å². The second-order valence-electron chi connectivity index (χ2n) is 3.73. The van der Waals surface area contributed by atoms with E-state index in [-0.39, 0.29) is 6.04 Å². The van der Waals surface area contributed by atoms with Crippen molar-refractivity contribution in [3.63, 3.8) is 0 Å². The van der Waals surface area contributed by atoms with E-state index in [1.807, 2.05) is 12.1 Å². The van der Waals surface area contributed by atoms with Crippen molar-refractivity contribution in [2.24, 2.45) is 5.73 Å². The van der Waals surface area contributed by atoms with Crippen LogP contribution < -0.4 is 10.5 Å². The highest BCUT2D eigenvalue weighted by Gasteiger charge is 2.12. The molecular weight excluding hydrogens is 200 g/mol. The average Bonchev–Trinajstić information content (AvgIpc) is 2.35. The van der Waals surface area contributed by atoms with E-state index in [2.05, 4.69) is 19.1 Å². The highest BCUT2D eigenvalue weighted by atomic mass is 16.5. The number of hydrogen-bond acceptors (Lipinski definition) is 3. The minimum Gasteiger partial charge on any atom is -0.496 e. The number of aryl methyl sites for hydroxylation is 1. The first-order valence-corrected chi connectivity index (χ1v) is 5.52. The van der Waals surface area contributed by atoms with E-state index < -0.39 is 0 Å². The number of methoxy groups -OCH3 is 1. The van der Waals surface area contributed by atoms with Crippen LogP contribution in [0.1, 0.15) is 36.9 Å². The van der Waals surface area contributed by atoms with E-state index in [4.69, 9.17) is 15.7 Å². The van der Waals surface area contributed by atoms with Crippen molar-refractivity contribution < 1.29 is 4.74 Å². The molecule has 0 aromatic heterocycles. The summed E-state index contributed by atoms with van der Waals surface area (Å²) in [5.41, 5.74) is 8.29. The van der Waals surface area contributed by atoms with Crippen LogP contribution in [0.5, 0.6) is 5.75 Å². The Balaban J connectivity index is 2.94. The Bertz CT molecular complexity index is 382. The summed E-state index contributed by atoms with van der Waals surface area (Å²) >= 11 is 0. The molecule has 0 heterocycles. The van der Waals surface area contributed by atoms with Gasteiger partial charge in [0.15, 0.2) is 0 Å². The maximum Gasteiger partial charge on any atom is 0.123 e. The molecule has 16 heavy (non-hydrogen) atoms. The van der Waals surface area contributed by atoms with Crippen molar-refractivity contribution in [2.75, 3.05) is 7.11 Å². The van der Waals surface area contributed by atoms with Crippen molar-refractivity contribution in [1.29, 1.82) is 5.26 Å². The standard InChI is InChI=1S/C13H18N2O/c1-3-10-6-7-13(16-2)11(9-10)12(15)5-4-8-14/h6-7,9,12H,3-5,15H2,1-2H3. The lowest BCUT2D eigenvalue weighted by Gasteiger charge is -2.15. The maximum atomic E-state index is 8.55. The topological polar surface area (TPSA) is 59.0 Å². The number of nitrogens with zero attached hydrogens (tertiary/aromatic N) is 1. The number of nitrogens with two attached hydrogens (primary N) is 1. The third kappa shape index (κ3) is 2.98. The number of ether oxygens (including phenoxy) is 1. The highest BCUT2D eigenvalue weighted by molar-refractivity contribution is 5.39. The fraction of sp³-hybridized carbons (Fsp3) is 0.462. The molecule has 1 rings (SSSR count). The van der Waals surface area contributed by atoms with Crippen LogP contribution in [0, 0.1) is 11.3 Å². The Kier molecular flexibility index (Phi) is 4.81. The molecule has 0 saturated carbocycles. The summed E-state index contributed by atoms with van der Waals surface area (Å²) in [7, 11) is 1.64. The van der Waals surface area contributed by atoms with Gasteiger partial charge in [0.1, 0.15) is 5.75 Å². The van der Waals surface area contributed by atoms with Crippen LogP contribution in [0.25, 0.3) is 0 Å². The van der Waals surface area contributed by atoms with Gasteiger partial charge >= 0.3 is 0 Å². The Morgan fingerprint density at radius 2 is 2.25 bits per heavy atom. The van der Waals surface area contributed by atoms with Gasteiger partial charge in [-0.05, 0) is 24.5 Å². The fourth-order valence-corrected chi connectivity index (χ4v) is 1.67. The van der Waals surface area contributed by atoms with Gasteiger partial charge in [0.25, 0.3) is 0 Å². The quantitative estimate of drug-likeness (QED) is 0.826. The molecule has 1 aromatic carbocycles. The molecule has 1 aromatic rings. The molecule has 0 aliphatic rings. The number of hydrogen-bond donors (Lipinski definition) is 1. The van der Waals surface area contributed by atoms with Gasteiger partial charge in [-0.15, -0.1) is 0 Å². The first-order valence-electron chi connectivity index (χ1n) is 5.52. The highest BCUT2D eigenvalue weighted by Crippen LogP contribution is 2.27. The normalized spacial score (nSPS) is 11.9. The summed E-state index contributed by atoms with van der Waals surface area (Å²) < 4.78 is 5.28. The Labute approximate surface area is 96.8 Å². The van der Waals surface area contributed by atoms with Crippen LogP contribution in [-0.2, 0) is 6.42 Å². The van der Waals surface area contributed by atoms with Crippen LogP contribution in [-0.4, -0.2) is 7.11 Å². The predicted molar refractivity (Wildman–Crippen MR) is 64.1 cm³/mol. The first-order chi connectivity index (χ1) is 7.72. The van der Waals surface area contributed by atoms with Gasteiger partial charge in [0.2, 0.25) is 0 Å². The molecule has 0 aliphatic heterocycles. The smallest absolute Gasteiger partial charge is 0.123 e. The molecule has 86 valence electrons. The summed E-state index contributed by atoms with van der Waals surface area (Å²) in [6.07, 6.45) is 2.11. The largest absolute Gasteiger partial charge is 0.496 e. The average molecular weight is 218 g/mol. The van der Waals surface area contributed by atoms with E-state index in [0.29, 0.717) is 12.8 Å². The van der Waals surface area contributed by atoms with Gasteiger partial charge < -0.3 is 10.5 Å². The van der Waals surface area contributed by atoms with E-state index in [0.717, 1.165) is 17.7 Å². The maximum absolute atomic E-state index is 8.55. The summed E-state index contributed by atoms with van der Waals surface area (Å²) in [6.45, 7) is 2.10. The third-order valence-corrected chi connectivity index (χ3v) is 2.67. The Hall–Kier alpha value is -1.53. The van der Waals surface area contributed by atoms with Crippen LogP contribution >= 0.6 is 0 Å². The number of rotatable bonds is 5. The van der Waals surface area contributed by atoms with Crippen molar-refractivity contribution in [3.05, 3.63) is 29.3 Å². The fourth-order valence-electron chi connectivity index (χ4n) is 1.67. The van der Waals surface area contributed by atoms with Crippen LogP contribution in [0.3, 0.4) is 0 Å². The third-order valence-electron chi connectivity index (χ3n) is 2.67. The van der Waals surface area contributed by atoms with Crippen LogP contribution in [0.4, 0.5) is 0 Å². The molecule has 0 aliphatic carbocycles. The molecule has 0 bridgehead atoms. The monoisotopic (exact) mass is 218 g/mol. The SMILES string of the molecule is CCc1ccc(OC)c(C(N)CCC#N)c1. The second-order valence-corrected chi connectivity index (χ2v) is 3.73. The van der Waals surface area contributed by atoms with Gasteiger partial charge in [-0.25, -0.2) is 0 Å². The van der Waals surface area contributed by atoms with Crippen molar-refractivity contribution >= 4 is 0 Å². The van der Waals surface area contributed by atoms with Gasteiger partial charge in [0.05, 0.1) is 13.2 Å².